The Morgan fingerprint density at radius 3 is 2.63 bits per heavy atom. The number of aliphatic hydroxyl groups is 1. The van der Waals surface area contributed by atoms with Gasteiger partial charge in [0.2, 0.25) is 0 Å². The molecule has 1 aromatic carbocycles. The number of benzene rings is 1. The van der Waals surface area contributed by atoms with Crippen LogP contribution in [0.3, 0.4) is 0 Å². The molecule has 0 bridgehead atoms. The third-order valence-electron chi connectivity index (χ3n) is 4.42. The molecular weight excluding hydrogens is 352 g/mol. The maximum Gasteiger partial charge on any atom is 0.411 e. The number of nitrogens with one attached hydrogen (secondary N) is 1. The molecule has 0 unspecified atom stereocenters. The summed E-state index contributed by atoms with van der Waals surface area (Å²) in [5.41, 5.74) is 0.484. The number of carbonyl (C=O) groups is 2. The lowest BCUT2D eigenvalue weighted by molar-refractivity contribution is 0.0503. The Morgan fingerprint density at radius 1 is 1.30 bits per heavy atom. The van der Waals surface area contributed by atoms with E-state index in [4.69, 9.17) is 14.2 Å². The minimum Gasteiger partial charge on any atom is -0.493 e. The first-order valence-electron chi connectivity index (χ1n) is 8.78. The van der Waals surface area contributed by atoms with Crippen LogP contribution in [-0.4, -0.2) is 62.0 Å². The van der Waals surface area contributed by atoms with Crippen LogP contribution in [0.1, 0.15) is 29.6 Å². The molecule has 1 heterocycles. The quantitative estimate of drug-likeness (QED) is 0.707. The van der Waals surface area contributed by atoms with Crippen LogP contribution in [0.2, 0.25) is 0 Å². The van der Waals surface area contributed by atoms with Gasteiger partial charge < -0.3 is 24.2 Å². The van der Waals surface area contributed by atoms with Crippen LogP contribution >= 0.6 is 0 Å². The summed E-state index contributed by atoms with van der Waals surface area (Å²) in [6.45, 7) is 3.96. The van der Waals surface area contributed by atoms with Crippen LogP contribution in [0, 0.1) is 0 Å². The predicted octanol–water partition coefficient (Wildman–Crippen LogP) is 2.43. The minimum absolute atomic E-state index is 0.0428. The van der Waals surface area contributed by atoms with Crippen LogP contribution in [0.25, 0.3) is 0 Å². The molecule has 0 saturated carbocycles. The third-order valence-corrected chi connectivity index (χ3v) is 4.42. The van der Waals surface area contributed by atoms with Gasteiger partial charge >= 0.3 is 6.09 Å². The fraction of sp³-hybridized carbons (Fsp3) is 0.474. The summed E-state index contributed by atoms with van der Waals surface area (Å²) in [4.78, 5) is 26.8. The van der Waals surface area contributed by atoms with Gasteiger partial charge in [-0.15, -0.1) is 0 Å². The fourth-order valence-electron chi connectivity index (χ4n) is 3.05. The largest absolute Gasteiger partial charge is 0.493 e. The summed E-state index contributed by atoms with van der Waals surface area (Å²) in [6, 6.07) is 2.78. The summed E-state index contributed by atoms with van der Waals surface area (Å²) in [5, 5.41) is 12.2. The van der Waals surface area contributed by atoms with E-state index in [0.29, 0.717) is 18.0 Å². The molecule has 1 saturated heterocycles. The zero-order valence-electron chi connectivity index (χ0n) is 15.7. The van der Waals surface area contributed by atoms with Crippen molar-refractivity contribution in [1.82, 2.24) is 4.90 Å². The van der Waals surface area contributed by atoms with E-state index in [9.17, 15) is 14.7 Å². The van der Waals surface area contributed by atoms with Crippen molar-refractivity contribution in [3.8, 4) is 11.5 Å². The number of amides is 2. The van der Waals surface area contributed by atoms with Gasteiger partial charge in [0.1, 0.15) is 6.61 Å². The van der Waals surface area contributed by atoms with Gasteiger partial charge in [0, 0.05) is 12.6 Å². The summed E-state index contributed by atoms with van der Waals surface area (Å²) in [5.74, 6) is 0.433. The highest BCUT2D eigenvalue weighted by Crippen LogP contribution is 2.35. The van der Waals surface area contributed by atoms with Crippen molar-refractivity contribution in [3.05, 3.63) is 30.4 Å². The molecule has 8 heteroatoms. The highest BCUT2D eigenvalue weighted by Gasteiger charge is 2.29. The smallest absolute Gasteiger partial charge is 0.411 e. The molecule has 2 rings (SSSR count). The molecule has 0 aromatic heterocycles. The van der Waals surface area contributed by atoms with E-state index in [-0.39, 0.29) is 36.4 Å². The van der Waals surface area contributed by atoms with Crippen LogP contribution in [0.15, 0.2) is 24.8 Å². The molecule has 1 aromatic rings. The number of methoxy groups -OCH3 is 2. The van der Waals surface area contributed by atoms with E-state index >= 15 is 0 Å². The average Bonchev–Trinajstić information content (AvgIpc) is 2.71. The van der Waals surface area contributed by atoms with Crippen LogP contribution in [0.5, 0.6) is 11.5 Å². The molecule has 0 aliphatic carbocycles. The summed E-state index contributed by atoms with van der Waals surface area (Å²) >= 11 is 0. The normalized spacial score (nSPS) is 16.4. The van der Waals surface area contributed by atoms with E-state index in [2.05, 4.69) is 11.9 Å². The minimum atomic E-state index is -0.714. The molecule has 2 N–H and O–H groups in total. The van der Waals surface area contributed by atoms with Crippen molar-refractivity contribution in [2.45, 2.75) is 25.3 Å². The number of hydrogen-bond acceptors (Lipinski definition) is 6. The fourth-order valence-corrected chi connectivity index (χ4v) is 3.05. The third kappa shape index (κ3) is 4.91. The summed E-state index contributed by atoms with van der Waals surface area (Å²) in [6.07, 6.45) is 3.28. The molecule has 0 spiro atoms. The number of piperidine rings is 1. The lowest BCUT2D eigenvalue weighted by atomic mass is 10.0. The number of anilines is 1. The van der Waals surface area contributed by atoms with E-state index < -0.39 is 6.09 Å². The number of carbonyl (C=O) groups excluding carboxylic acids is 2. The van der Waals surface area contributed by atoms with E-state index in [1.807, 2.05) is 0 Å². The molecule has 1 aliphatic heterocycles. The van der Waals surface area contributed by atoms with Crippen molar-refractivity contribution in [1.29, 1.82) is 0 Å². The monoisotopic (exact) mass is 378 g/mol. The number of aliphatic hydroxyl groups excluding tert-OH is 1. The van der Waals surface area contributed by atoms with E-state index in [0.717, 1.165) is 19.3 Å². The summed E-state index contributed by atoms with van der Waals surface area (Å²) < 4.78 is 15.5. The average molecular weight is 378 g/mol. The standard InChI is InChI=1S/C19H26N2O6/c1-4-9-27-19(24)20-15-11-17(26-3)16(25-2)10-14(15)18(23)21-8-6-5-7-13(21)12-22/h4,10-11,13,22H,1,5-9,12H2,2-3H3,(H,20,24)/t13-/m0/s1. The first-order valence-corrected chi connectivity index (χ1v) is 8.78. The zero-order valence-corrected chi connectivity index (χ0v) is 15.7. The zero-order chi connectivity index (χ0) is 19.8. The molecule has 148 valence electrons. The van der Waals surface area contributed by atoms with Gasteiger partial charge in [0.15, 0.2) is 11.5 Å². The van der Waals surface area contributed by atoms with Gasteiger partial charge in [-0.25, -0.2) is 4.79 Å². The first-order chi connectivity index (χ1) is 13.0. The number of ether oxygens (including phenoxy) is 3. The number of likely N-dealkylation sites (tertiary alicyclic amines) is 1. The van der Waals surface area contributed by atoms with E-state index in [1.54, 1.807) is 4.90 Å². The van der Waals surface area contributed by atoms with Gasteiger partial charge in [-0.3, -0.25) is 10.1 Å². The Labute approximate surface area is 158 Å². The lowest BCUT2D eigenvalue weighted by Gasteiger charge is -2.35. The first kappa shape index (κ1) is 20.6. The molecule has 8 nitrogen and oxygen atoms in total. The number of rotatable bonds is 7. The van der Waals surface area contributed by atoms with Gasteiger partial charge in [0.05, 0.1) is 38.1 Å². The Kier molecular flexibility index (Phi) is 7.48. The van der Waals surface area contributed by atoms with Gasteiger partial charge in [-0.05, 0) is 25.3 Å². The SMILES string of the molecule is C=CCOC(=O)Nc1cc(OC)c(OC)cc1C(=O)N1CCCC[C@H]1CO. The molecular formula is C19H26N2O6. The molecule has 1 fully saturated rings. The lowest BCUT2D eigenvalue weighted by Crippen LogP contribution is -2.45. The topological polar surface area (TPSA) is 97.3 Å². The number of hydrogen-bond donors (Lipinski definition) is 2. The maximum atomic E-state index is 13.2. The van der Waals surface area contributed by atoms with Crippen molar-refractivity contribution < 1.29 is 28.9 Å². The van der Waals surface area contributed by atoms with Crippen molar-refractivity contribution in [2.75, 3.05) is 39.3 Å². The van der Waals surface area contributed by atoms with Crippen LogP contribution in [-0.2, 0) is 4.74 Å². The summed E-state index contributed by atoms with van der Waals surface area (Å²) in [7, 11) is 2.93. The van der Waals surface area contributed by atoms with Gasteiger partial charge in [0.25, 0.3) is 5.91 Å². The van der Waals surface area contributed by atoms with Gasteiger partial charge in [-0.2, -0.15) is 0 Å². The van der Waals surface area contributed by atoms with Crippen molar-refractivity contribution >= 4 is 17.7 Å². The second-order valence-corrected chi connectivity index (χ2v) is 6.10. The Bertz CT molecular complexity index is 691. The molecule has 0 radical (unpaired) electrons. The Morgan fingerprint density at radius 2 is 2.00 bits per heavy atom. The Hall–Kier alpha value is -2.74. The predicted molar refractivity (Wildman–Crippen MR) is 100 cm³/mol. The van der Waals surface area contributed by atoms with Gasteiger partial charge in [-0.1, -0.05) is 12.7 Å². The van der Waals surface area contributed by atoms with E-state index in [1.165, 1.54) is 32.4 Å². The second kappa shape index (κ2) is 9.82. The van der Waals surface area contributed by atoms with Crippen LogP contribution in [0.4, 0.5) is 10.5 Å². The molecule has 27 heavy (non-hydrogen) atoms. The second-order valence-electron chi connectivity index (χ2n) is 6.10. The Balaban J connectivity index is 2.40. The molecule has 1 aliphatic rings. The molecule has 2 amide bonds. The van der Waals surface area contributed by atoms with Crippen molar-refractivity contribution in [3.63, 3.8) is 0 Å². The van der Waals surface area contributed by atoms with Crippen molar-refractivity contribution in [2.24, 2.45) is 0 Å². The highest BCUT2D eigenvalue weighted by atomic mass is 16.5. The maximum absolute atomic E-state index is 13.2. The highest BCUT2D eigenvalue weighted by molar-refractivity contribution is 6.03. The van der Waals surface area contributed by atoms with Crippen LogP contribution < -0.4 is 14.8 Å². The molecule has 1 atom stereocenters. The number of nitrogens with zero attached hydrogens (tertiary/aromatic N) is 1.